The molecule has 0 spiro atoms. The summed E-state index contributed by atoms with van der Waals surface area (Å²) in [6.07, 6.45) is 5.50. The topological polar surface area (TPSA) is 76.6 Å². The van der Waals surface area contributed by atoms with E-state index in [1.54, 1.807) is 19.5 Å². The van der Waals surface area contributed by atoms with Crippen molar-refractivity contribution >= 4 is 29.1 Å². The van der Waals surface area contributed by atoms with E-state index in [9.17, 15) is 4.79 Å². The van der Waals surface area contributed by atoms with Gasteiger partial charge in [-0.2, -0.15) is 0 Å². The van der Waals surface area contributed by atoms with Crippen LogP contribution < -0.4 is 14.8 Å². The third kappa shape index (κ3) is 7.31. The predicted molar refractivity (Wildman–Crippen MR) is 137 cm³/mol. The zero-order valence-corrected chi connectivity index (χ0v) is 21.1. The Morgan fingerprint density at radius 1 is 1.11 bits per heavy atom. The maximum atomic E-state index is 12.3. The van der Waals surface area contributed by atoms with Crippen molar-refractivity contribution in [3.05, 3.63) is 70.5 Å². The molecule has 1 aliphatic rings. The van der Waals surface area contributed by atoms with Gasteiger partial charge in [-0.1, -0.05) is 41.4 Å². The maximum Gasteiger partial charge on any atom is 0.316 e. The summed E-state index contributed by atoms with van der Waals surface area (Å²) in [6.45, 7) is 3.23. The maximum absolute atomic E-state index is 12.3. The Kier molecular flexibility index (Phi) is 8.79. The van der Waals surface area contributed by atoms with Crippen molar-refractivity contribution in [3.8, 4) is 22.9 Å². The Morgan fingerprint density at radius 3 is 2.71 bits per heavy atom. The van der Waals surface area contributed by atoms with Crippen molar-refractivity contribution in [2.24, 2.45) is 5.92 Å². The first-order valence-electron chi connectivity index (χ1n) is 11.5. The number of ether oxygens (including phenoxy) is 2. The number of hydrogen-bond acceptors (Lipinski definition) is 6. The van der Waals surface area contributed by atoms with Gasteiger partial charge < -0.3 is 14.8 Å². The summed E-state index contributed by atoms with van der Waals surface area (Å²) < 4.78 is 10.7. The third-order valence-corrected chi connectivity index (χ3v) is 6.68. The van der Waals surface area contributed by atoms with Crippen molar-refractivity contribution in [2.45, 2.75) is 19.4 Å². The number of hydrogen-bond donors (Lipinski definition) is 1. The number of carbonyl (C=O) groups is 1. The predicted octanol–water partition coefficient (Wildman–Crippen LogP) is 4.87. The molecule has 1 aromatic heterocycles. The summed E-state index contributed by atoms with van der Waals surface area (Å²) in [5.74, 6) is 0.955. The molecule has 3 aromatic rings. The molecular weight excluding hydrogens is 487 g/mol. The minimum atomic E-state index is -0.188. The largest absolute Gasteiger partial charge is 0.497 e. The zero-order chi connectivity index (χ0) is 24.6. The highest BCUT2D eigenvalue weighted by Gasteiger charge is 2.21. The van der Waals surface area contributed by atoms with Gasteiger partial charge >= 0.3 is 6.01 Å². The molecule has 1 aliphatic heterocycles. The highest BCUT2D eigenvalue weighted by atomic mass is 35.5. The molecule has 1 unspecified atom stereocenters. The van der Waals surface area contributed by atoms with Crippen LogP contribution in [0.3, 0.4) is 0 Å². The molecule has 1 amide bonds. The first-order chi connectivity index (χ1) is 17.0. The Bertz CT molecular complexity index is 1140. The van der Waals surface area contributed by atoms with E-state index in [0.717, 1.165) is 54.9 Å². The number of benzene rings is 2. The fourth-order valence-electron chi connectivity index (χ4n) is 4.14. The van der Waals surface area contributed by atoms with Crippen molar-refractivity contribution < 1.29 is 14.3 Å². The van der Waals surface area contributed by atoms with Crippen LogP contribution in [-0.2, 0) is 11.3 Å². The van der Waals surface area contributed by atoms with Gasteiger partial charge in [0, 0.05) is 37.6 Å². The molecule has 184 valence electrons. The van der Waals surface area contributed by atoms with Gasteiger partial charge in [-0.25, -0.2) is 9.97 Å². The van der Waals surface area contributed by atoms with Gasteiger partial charge in [0.1, 0.15) is 5.75 Å². The van der Waals surface area contributed by atoms with Crippen LogP contribution in [0.1, 0.15) is 18.4 Å². The van der Waals surface area contributed by atoms with Gasteiger partial charge in [-0.15, -0.1) is 0 Å². The van der Waals surface area contributed by atoms with Crippen LogP contribution in [-0.4, -0.2) is 54.1 Å². The van der Waals surface area contributed by atoms with Crippen LogP contribution >= 0.6 is 23.2 Å². The molecule has 0 aliphatic carbocycles. The van der Waals surface area contributed by atoms with Crippen molar-refractivity contribution in [3.63, 3.8) is 0 Å². The van der Waals surface area contributed by atoms with Crippen LogP contribution in [0.2, 0.25) is 10.0 Å². The number of nitrogens with zero attached hydrogens (tertiary/aromatic N) is 3. The van der Waals surface area contributed by atoms with E-state index >= 15 is 0 Å². The monoisotopic (exact) mass is 514 g/mol. The Labute approximate surface area is 215 Å². The number of aromatic nitrogens is 2. The molecule has 4 rings (SSSR count). The number of likely N-dealkylation sites (tertiary alicyclic amines) is 1. The van der Waals surface area contributed by atoms with E-state index in [0.29, 0.717) is 22.5 Å². The lowest BCUT2D eigenvalue weighted by Crippen LogP contribution is -2.41. The Hall–Kier alpha value is -2.87. The summed E-state index contributed by atoms with van der Waals surface area (Å²) in [6, 6.07) is 13.5. The molecule has 9 heteroatoms. The van der Waals surface area contributed by atoms with Crippen molar-refractivity contribution in [1.29, 1.82) is 0 Å². The highest BCUT2D eigenvalue weighted by molar-refractivity contribution is 6.42. The second kappa shape index (κ2) is 12.2. The molecule has 0 saturated carbocycles. The molecule has 1 N–H and O–H groups in total. The molecular formula is C26H28Cl2N4O3. The van der Waals surface area contributed by atoms with Crippen LogP contribution in [0.5, 0.6) is 11.8 Å². The number of rotatable bonds is 9. The third-order valence-electron chi connectivity index (χ3n) is 5.94. The van der Waals surface area contributed by atoms with Gasteiger partial charge in [-0.05, 0) is 60.7 Å². The Morgan fingerprint density at radius 2 is 1.94 bits per heavy atom. The number of amides is 1. The van der Waals surface area contributed by atoms with Crippen molar-refractivity contribution in [1.82, 2.24) is 20.2 Å². The summed E-state index contributed by atoms with van der Waals surface area (Å²) in [5.41, 5.74) is 2.91. The molecule has 1 atom stereocenters. The fraction of sp³-hybridized carbons (Fsp3) is 0.346. The van der Waals surface area contributed by atoms with Crippen molar-refractivity contribution in [2.75, 3.05) is 33.4 Å². The van der Waals surface area contributed by atoms with Gasteiger partial charge in [0.2, 0.25) is 0 Å². The van der Waals surface area contributed by atoms with Crippen LogP contribution in [0.25, 0.3) is 11.1 Å². The molecule has 2 heterocycles. The molecule has 0 radical (unpaired) electrons. The smallest absolute Gasteiger partial charge is 0.316 e. The SMILES string of the molecule is COc1cccc(-c2cnc(OCC(=O)NCC3CCCN(Cc4ccc(Cl)c(Cl)c4)C3)nc2)c1. The van der Waals surface area contributed by atoms with E-state index in [2.05, 4.69) is 20.2 Å². The normalized spacial score (nSPS) is 16.0. The van der Waals surface area contributed by atoms with E-state index in [4.69, 9.17) is 32.7 Å². The number of piperidine rings is 1. The van der Waals surface area contributed by atoms with Crippen LogP contribution in [0.4, 0.5) is 0 Å². The first kappa shape index (κ1) is 25.2. The number of halogens is 2. The Balaban J connectivity index is 1.20. The first-order valence-corrected chi connectivity index (χ1v) is 12.3. The number of carbonyl (C=O) groups excluding carboxylic acids is 1. The van der Waals surface area contributed by atoms with E-state index < -0.39 is 0 Å². The minimum Gasteiger partial charge on any atom is -0.497 e. The van der Waals surface area contributed by atoms with Gasteiger partial charge in [0.05, 0.1) is 17.2 Å². The summed E-state index contributed by atoms with van der Waals surface area (Å²) in [7, 11) is 1.62. The molecule has 2 aromatic carbocycles. The number of nitrogens with one attached hydrogen (secondary N) is 1. The van der Waals surface area contributed by atoms with E-state index in [1.807, 2.05) is 42.5 Å². The lowest BCUT2D eigenvalue weighted by molar-refractivity contribution is -0.123. The van der Waals surface area contributed by atoms with Gasteiger partial charge in [0.25, 0.3) is 5.91 Å². The molecule has 1 saturated heterocycles. The second-order valence-corrected chi connectivity index (χ2v) is 9.39. The summed E-state index contributed by atoms with van der Waals surface area (Å²) >= 11 is 12.2. The quantitative estimate of drug-likeness (QED) is 0.439. The summed E-state index contributed by atoms with van der Waals surface area (Å²) in [4.78, 5) is 23.1. The van der Waals surface area contributed by atoms with E-state index in [1.165, 1.54) is 0 Å². The van der Waals surface area contributed by atoms with E-state index in [-0.39, 0.29) is 18.5 Å². The highest BCUT2D eigenvalue weighted by Crippen LogP contribution is 2.25. The average molecular weight is 515 g/mol. The average Bonchev–Trinajstić information content (AvgIpc) is 2.89. The fourth-order valence-corrected chi connectivity index (χ4v) is 4.46. The van der Waals surface area contributed by atoms with Gasteiger partial charge in [-0.3, -0.25) is 9.69 Å². The van der Waals surface area contributed by atoms with Crippen LogP contribution in [0, 0.1) is 5.92 Å². The lowest BCUT2D eigenvalue weighted by Gasteiger charge is -2.32. The molecule has 1 fully saturated rings. The van der Waals surface area contributed by atoms with Crippen LogP contribution in [0.15, 0.2) is 54.9 Å². The zero-order valence-electron chi connectivity index (χ0n) is 19.5. The molecule has 7 nitrogen and oxygen atoms in total. The number of methoxy groups -OCH3 is 1. The second-order valence-electron chi connectivity index (χ2n) is 8.57. The summed E-state index contributed by atoms with van der Waals surface area (Å²) in [5, 5.41) is 4.11. The molecule has 0 bridgehead atoms. The van der Waals surface area contributed by atoms with Gasteiger partial charge in [0.15, 0.2) is 6.61 Å². The standard InChI is InChI=1S/C26H28Cl2N4O3/c1-34-22-6-2-5-20(11-22)21-13-30-26(31-14-21)35-17-25(33)29-12-19-4-3-9-32(16-19)15-18-7-8-23(27)24(28)10-18/h2,5-8,10-11,13-14,19H,3-4,9,12,15-17H2,1H3,(H,29,33). The minimum absolute atomic E-state index is 0.127. The molecule has 35 heavy (non-hydrogen) atoms. The lowest BCUT2D eigenvalue weighted by atomic mass is 9.97.